The lowest BCUT2D eigenvalue weighted by Gasteiger charge is -2.19. The van der Waals surface area contributed by atoms with E-state index in [0.717, 1.165) is 24.8 Å². The van der Waals surface area contributed by atoms with Gasteiger partial charge in [-0.05, 0) is 35.8 Å². The first-order valence-corrected chi connectivity index (χ1v) is 6.16. The molecule has 0 amide bonds. The Bertz CT molecular complexity index is 436. The van der Waals surface area contributed by atoms with Crippen LogP contribution in [-0.2, 0) is 16.6 Å². The molecule has 0 spiro atoms. The van der Waals surface area contributed by atoms with E-state index in [9.17, 15) is 9.90 Å². The average molecular weight is 232 g/mol. The predicted octanol–water partition coefficient (Wildman–Crippen LogP) is 3.39. The highest BCUT2D eigenvalue weighted by Crippen LogP contribution is 2.48. The maximum atomic E-state index is 11.3. The molecule has 1 N–H and O–H groups in total. The van der Waals surface area contributed by atoms with E-state index in [1.54, 1.807) is 0 Å². The minimum atomic E-state index is -0.676. The van der Waals surface area contributed by atoms with Crippen LogP contribution in [0.2, 0.25) is 0 Å². The molecule has 0 heterocycles. The van der Waals surface area contributed by atoms with E-state index in [0.29, 0.717) is 0 Å². The Morgan fingerprint density at radius 2 is 2.00 bits per heavy atom. The first-order chi connectivity index (χ1) is 7.83. The summed E-state index contributed by atoms with van der Waals surface area (Å²) in [6.45, 7) is 6.59. The first-order valence-electron chi connectivity index (χ1n) is 6.16. The number of hydrogen-bond acceptors (Lipinski definition) is 1. The van der Waals surface area contributed by atoms with Crippen molar-refractivity contribution in [2.24, 2.45) is 5.41 Å². The third-order valence-electron chi connectivity index (χ3n) is 3.37. The van der Waals surface area contributed by atoms with E-state index in [-0.39, 0.29) is 5.41 Å². The fourth-order valence-corrected chi connectivity index (χ4v) is 2.34. The van der Waals surface area contributed by atoms with Gasteiger partial charge in [-0.3, -0.25) is 4.79 Å². The fourth-order valence-electron chi connectivity index (χ4n) is 2.34. The van der Waals surface area contributed by atoms with Gasteiger partial charge in [0.1, 0.15) is 0 Å². The van der Waals surface area contributed by atoms with Crippen molar-refractivity contribution in [2.45, 2.75) is 45.4 Å². The van der Waals surface area contributed by atoms with Crippen LogP contribution >= 0.6 is 0 Å². The molecular formula is C15H20O2. The monoisotopic (exact) mass is 232 g/mol. The van der Waals surface area contributed by atoms with Crippen molar-refractivity contribution >= 4 is 5.97 Å². The van der Waals surface area contributed by atoms with Crippen molar-refractivity contribution in [1.82, 2.24) is 0 Å². The molecule has 1 aromatic carbocycles. The van der Waals surface area contributed by atoms with Gasteiger partial charge in [0.2, 0.25) is 0 Å². The van der Waals surface area contributed by atoms with E-state index in [2.05, 4.69) is 32.9 Å². The van der Waals surface area contributed by atoms with Crippen LogP contribution < -0.4 is 0 Å². The number of carboxylic acid groups (broad SMARTS) is 1. The van der Waals surface area contributed by atoms with Crippen molar-refractivity contribution in [3.63, 3.8) is 0 Å². The SMILES string of the molecule is CC(C)(C)Cc1cccc(C2(C(=O)O)CC2)c1. The van der Waals surface area contributed by atoms with Crippen molar-refractivity contribution in [3.8, 4) is 0 Å². The zero-order valence-corrected chi connectivity index (χ0v) is 10.8. The molecule has 0 atom stereocenters. The Morgan fingerprint density at radius 3 is 2.47 bits per heavy atom. The van der Waals surface area contributed by atoms with Crippen molar-refractivity contribution < 1.29 is 9.90 Å². The van der Waals surface area contributed by atoms with Gasteiger partial charge in [0, 0.05) is 0 Å². The molecule has 1 aliphatic rings. The Hall–Kier alpha value is -1.31. The minimum Gasteiger partial charge on any atom is -0.481 e. The quantitative estimate of drug-likeness (QED) is 0.867. The van der Waals surface area contributed by atoms with Crippen LogP contribution in [0.25, 0.3) is 0 Å². The number of aliphatic carboxylic acids is 1. The standard InChI is InChI=1S/C15H20O2/c1-14(2,3)10-11-5-4-6-12(9-11)15(7-8-15)13(16)17/h4-6,9H,7-8,10H2,1-3H3,(H,16,17). The van der Waals surface area contributed by atoms with Gasteiger partial charge in [-0.15, -0.1) is 0 Å². The summed E-state index contributed by atoms with van der Waals surface area (Å²) < 4.78 is 0. The number of carboxylic acids is 1. The zero-order valence-electron chi connectivity index (χ0n) is 10.8. The summed E-state index contributed by atoms with van der Waals surface area (Å²) in [5, 5.41) is 9.28. The third kappa shape index (κ3) is 2.51. The normalized spacial score (nSPS) is 17.8. The average Bonchev–Trinajstić information content (AvgIpc) is 2.95. The second-order valence-corrected chi connectivity index (χ2v) is 6.33. The molecule has 0 saturated heterocycles. The third-order valence-corrected chi connectivity index (χ3v) is 3.37. The highest BCUT2D eigenvalue weighted by atomic mass is 16.4. The summed E-state index contributed by atoms with van der Waals surface area (Å²) in [5.74, 6) is -0.676. The highest BCUT2D eigenvalue weighted by Gasteiger charge is 2.51. The van der Waals surface area contributed by atoms with Crippen LogP contribution in [0.15, 0.2) is 24.3 Å². The summed E-state index contributed by atoms with van der Waals surface area (Å²) in [6.07, 6.45) is 2.54. The molecule has 0 unspecified atom stereocenters. The minimum absolute atomic E-state index is 0.235. The molecule has 0 aliphatic heterocycles. The maximum absolute atomic E-state index is 11.3. The number of hydrogen-bond donors (Lipinski definition) is 1. The van der Waals surface area contributed by atoms with E-state index >= 15 is 0 Å². The van der Waals surface area contributed by atoms with Gasteiger partial charge >= 0.3 is 5.97 Å². The molecule has 17 heavy (non-hydrogen) atoms. The van der Waals surface area contributed by atoms with Gasteiger partial charge in [0.15, 0.2) is 0 Å². The van der Waals surface area contributed by atoms with E-state index in [1.807, 2.05) is 12.1 Å². The molecule has 2 rings (SSSR count). The van der Waals surface area contributed by atoms with E-state index in [4.69, 9.17) is 0 Å². The molecule has 1 fully saturated rings. The van der Waals surface area contributed by atoms with Gasteiger partial charge in [-0.1, -0.05) is 45.0 Å². The summed E-state index contributed by atoms with van der Waals surface area (Å²) in [4.78, 5) is 11.3. The lowest BCUT2D eigenvalue weighted by atomic mass is 9.86. The summed E-state index contributed by atoms with van der Waals surface area (Å²) >= 11 is 0. The Labute approximate surface area is 103 Å². The smallest absolute Gasteiger partial charge is 0.314 e. The molecule has 2 nitrogen and oxygen atoms in total. The van der Waals surface area contributed by atoms with Crippen molar-refractivity contribution in [1.29, 1.82) is 0 Å². The summed E-state index contributed by atoms with van der Waals surface area (Å²) in [5.41, 5.74) is 1.88. The number of carbonyl (C=O) groups is 1. The molecule has 2 heteroatoms. The van der Waals surface area contributed by atoms with Gasteiger partial charge < -0.3 is 5.11 Å². The number of benzene rings is 1. The molecule has 1 aliphatic carbocycles. The molecule has 0 aromatic heterocycles. The molecular weight excluding hydrogens is 212 g/mol. The van der Waals surface area contributed by atoms with E-state index < -0.39 is 11.4 Å². The zero-order chi connectivity index (χ0) is 12.7. The van der Waals surface area contributed by atoms with E-state index in [1.165, 1.54) is 5.56 Å². The van der Waals surface area contributed by atoms with Gasteiger partial charge in [0.05, 0.1) is 5.41 Å². The van der Waals surface area contributed by atoms with Crippen molar-refractivity contribution in [3.05, 3.63) is 35.4 Å². The van der Waals surface area contributed by atoms with Crippen LogP contribution in [-0.4, -0.2) is 11.1 Å². The summed E-state index contributed by atoms with van der Waals surface area (Å²) in [6, 6.07) is 8.10. The Morgan fingerprint density at radius 1 is 1.35 bits per heavy atom. The molecule has 1 aromatic rings. The lowest BCUT2D eigenvalue weighted by molar-refractivity contribution is -0.140. The first kappa shape index (κ1) is 12.2. The van der Waals surface area contributed by atoms with Crippen LogP contribution in [0, 0.1) is 5.41 Å². The Kier molecular flexibility index (Phi) is 2.76. The number of rotatable bonds is 3. The predicted molar refractivity (Wildman–Crippen MR) is 68.1 cm³/mol. The second-order valence-electron chi connectivity index (χ2n) is 6.33. The fraction of sp³-hybridized carbons (Fsp3) is 0.533. The molecule has 0 radical (unpaired) electrons. The molecule has 1 saturated carbocycles. The molecule has 92 valence electrons. The second kappa shape index (κ2) is 3.86. The topological polar surface area (TPSA) is 37.3 Å². The summed E-state index contributed by atoms with van der Waals surface area (Å²) in [7, 11) is 0. The van der Waals surface area contributed by atoms with Crippen LogP contribution in [0.4, 0.5) is 0 Å². The maximum Gasteiger partial charge on any atom is 0.314 e. The van der Waals surface area contributed by atoms with Crippen molar-refractivity contribution in [2.75, 3.05) is 0 Å². The van der Waals surface area contributed by atoms with Crippen LogP contribution in [0.3, 0.4) is 0 Å². The van der Waals surface area contributed by atoms with Crippen LogP contribution in [0.1, 0.15) is 44.7 Å². The lowest BCUT2D eigenvalue weighted by Crippen LogP contribution is -2.20. The Balaban J connectivity index is 2.27. The largest absolute Gasteiger partial charge is 0.481 e. The highest BCUT2D eigenvalue weighted by molar-refractivity contribution is 5.84. The van der Waals surface area contributed by atoms with Crippen LogP contribution in [0.5, 0.6) is 0 Å². The molecule has 0 bridgehead atoms. The van der Waals surface area contributed by atoms with Gasteiger partial charge in [0.25, 0.3) is 0 Å². The van der Waals surface area contributed by atoms with Gasteiger partial charge in [-0.25, -0.2) is 0 Å². The van der Waals surface area contributed by atoms with Gasteiger partial charge in [-0.2, -0.15) is 0 Å².